The van der Waals surface area contributed by atoms with Crippen LogP contribution in [0.5, 0.6) is 0 Å². The first-order valence-electron chi connectivity index (χ1n) is 6.47. The number of hydrogen-bond acceptors (Lipinski definition) is 3. The monoisotopic (exact) mass is 360 g/mol. The molecule has 0 aliphatic rings. The highest BCUT2D eigenvalue weighted by Crippen LogP contribution is 2.21. The SMILES string of the molecule is CN(Cc1cc(Br)cs1)C(=O)c1ccc2ccccc2n1. The molecule has 0 aliphatic heterocycles. The third kappa shape index (κ3) is 3.14. The number of fused-ring (bicyclic) bond motifs is 1. The van der Waals surface area contributed by atoms with Crippen molar-refractivity contribution in [1.82, 2.24) is 9.88 Å². The molecule has 1 aromatic carbocycles. The third-order valence-corrected chi connectivity index (χ3v) is 4.86. The molecule has 5 heteroatoms. The minimum Gasteiger partial charge on any atom is -0.335 e. The number of rotatable bonds is 3. The van der Waals surface area contributed by atoms with Gasteiger partial charge in [-0.05, 0) is 34.1 Å². The molecule has 3 aromatic rings. The fourth-order valence-electron chi connectivity index (χ4n) is 2.12. The lowest BCUT2D eigenvalue weighted by Gasteiger charge is -2.15. The zero-order chi connectivity index (χ0) is 14.8. The van der Waals surface area contributed by atoms with Gasteiger partial charge in [0.05, 0.1) is 12.1 Å². The van der Waals surface area contributed by atoms with E-state index in [1.807, 2.05) is 41.8 Å². The average molecular weight is 361 g/mol. The molecular weight excluding hydrogens is 348 g/mol. The summed E-state index contributed by atoms with van der Waals surface area (Å²) in [5, 5.41) is 3.06. The molecule has 0 radical (unpaired) electrons. The van der Waals surface area contributed by atoms with Gasteiger partial charge in [0.15, 0.2) is 0 Å². The van der Waals surface area contributed by atoms with Crippen molar-refractivity contribution in [3.8, 4) is 0 Å². The number of amides is 1. The Morgan fingerprint density at radius 1 is 1.29 bits per heavy atom. The minimum absolute atomic E-state index is 0.0646. The van der Waals surface area contributed by atoms with Gasteiger partial charge >= 0.3 is 0 Å². The van der Waals surface area contributed by atoms with Crippen molar-refractivity contribution in [3.05, 3.63) is 62.9 Å². The largest absolute Gasteiger partial charge is 0.335 e. The fourth-order valence-corrected chi connectivity index (χ4v) is 3.63. The first kappa shape index (κ1) is 14.2. The molecule has 0 atom stereocenters. The first-order valence-corrected chi connectivity index (χ1v) is 8.15. The standard InChI is InChI=1S/C16H13BrN2OS/c1-19(9-13-8-12(17)10-21-13)16(20)15-7-6-11-4-2-3-5-14(11)18-15/h2-8,10H,9H2,1H3. The van der Waals surface area contributed by atoms with Crippen LogP contribution in [0, 0.1) is 0 Å². The summed E-state index contributed by atoms with van der Waals surface area (Å²) in [7, 11) is 1.80. The Labute approximate surface area is 135 Å². The Kier molecular flexibility index (Phi) is 4.03. The predicted molar refractivity (Wildman–Crippen MR) is 89.6 cm³/mol. The van der Waals surface area contributed by atoms with E-state index in [0.717, 1.165) is 20.3 Å². The summed E-state index contributed by atoms with van der Waals surface area (Å²) in [5.74, 6) is -0.0646. The molecule has 0 N–H and O–H groups in total. The van der Waals surface area contributed by atoms with Gasteiger partial charge in [-0.3, -0.25) is 4.79 Å². The Balaban J connectivity index is 1.82. The minimum atomic E-state index is -0.0646. The summed E-state index contributed by atoms with van der Waals surface area (Å²) >= 11 is 5.06. The van der Waals surface area contributed by atoms with Crippen molar-refractivity contribution in [1.29, 1.82) is 0 Å². The van der Waals surface area contributed by atoms with Gasteiger partial charge in [-0.25, -0.2) is 4.98 Å². The van der Waals surface area contributed by atoms with Gasteiger partial charge in [-0.15, -0.1) is 11.3 Å². The van der Waals surface area contributed by atoms with E-state index < -0.39 is 0 Å². The summed E-state index contributed by atoms with van der Waals surface area (Å²) in [6.45, 7) is 0.587. The average Bonchev–Trinajstić information content (AvgIpc) is 2.91. The number of hydrogen-bond donors (Lipinski definition) is 0. The Bertz CT molecular complexity index is 800. The second-order valence-electron chi connectivity index (χ2n) is 4.78. The zero-order valence-corrected chi connectivity index (χ0v) is 13.8. The molecule has 1 amide bonds. The molecule has 2 aromatic heterocycles. The van der Waals surface area contributed by atoms with Gasteiger partial charge in [0.1, 0.15) is 5.69 Å². The van der Waals surface area contributed by atoms with E-state index in [0.29, 0.717) is 12.2 Å². The molecular formula is C16H13BrN2OS. The van der Waals surface area contributed by atoms with Crippen LogP contribution in [0.25, 0.3) is 10.9 Å². The number of carbonyl (C=O) groups excluding carboxylic acids is 1. The molecule has 0 bridgehead atoms. The first-order chi connectivity index (χ1) is 10.1. The second kappa shape index (κ2) is 5.95. The van der Waals surface area contributed by atoms with Crippen molar-refractivity contribution in [2.75, 3.05) is 7.05 Å². The topological polar surface area (TPSA) is 33.2 Å². The Hall–Kier alpha value is -1.72. The van der Waals surface area contributed by atoms with Crippen LogP contribution >= 0.6 is 27.3 Å². The van der Waals surface area contributed by atoms with Gasteiger partial charge in [0.25, 0.3) is 5.91 Å². The third-order valence-electron chi connectivity index (χ3n) is 3.18. The van der Waals surface area contributed by atoms with Crippen LogP contribution in [0.4, 0.5) is 0 Å². The van der Waals surface area contributed by atoms with E-state index in [-0.39, 0.29) is 5.91 Å². The number of para-hydroxylation sites is 1. The smallest absolute Gasteiger partial charge is 0.272 e. The number of aromatic nitrogens is 1. The normalized spacial score (nSPS) is 10.8. The number of halogens is 1. The van der Waals surface area contributed by atoms with Gasteiger partial charge in [-0.2, -0.15) is 0 Å². The van der Waals surface area contributed by atoms with E-state index in [4.69, 9.17) is 0 Å². The van der Waals surface area contributed by atoms with E-state index in [9.17, 15) is 4.79 Å². The molecule has 0 unspecified atom stereocenters. The predicted octanol–water partition coefficient (Wildman–Crippen LogP) is 4.33. The Morgan fingerprint density at radius 3 is 2.86 bits per heavy atom. The molecule has 0 fully saturated rings. The number of benzene rings is 1. The number of pyridine rings is 1. The highest BCUT2D eigenvalue weighted by Gasteiger charge is 2.14. The van der Waals surface area contributed by atoms with Gasteiger partial charge in [-0.1, -0.05) is 24.3 Å². The van der Waals surface area contributed by atoms with Crippen molar-refractivity contribution in [2.24, 2.45) is 0 Å². The van der Waals surface area contributed by atoms with E-state index in [1.54, 1.807) is 29.4 Å². The van der Waals surface area contributed by atoms with Crippen LogP contribution in [-0.4, -0.2) is 22.8 Å². The van der Waals surface area contributed by atoms with Gasteiger partial charge in [0.2, 0.25) is 0 Å². The molecule has 21 heavy (non-hydrogen) atoms. The lowest BCUT2D eigenvalue weighted by molar-refractivity contribution is 0.0781. The molecule has 0 aliphatic carbocycles. The lowest BCUT2D eigenvalue weighted by Crippen LogP contribution is -2.26. The molecule has 106 valence electrons. The molecule has 0 spiro atoms. The van der Waals surface area contributed by atoms with Crippen LogP contribution in [0.3, 0.4) is 0 Å². The highest BCUT2D eigenvalue weighted by atomic mass is 79.9. The molecule has 2 heterocycles. The maximum absolute atomic E-state index is 12.5. The van der Waals surface area contributed by atoms with Crippen LogP contribution in [0.2, 0.25) is 0 Å². The second-order valence-corrected chi connectivity index (χ2v) is 6.69. The molecule has 3 rings (SSSR count). The lowest BCUT2D eigenvalue weighted by atomic mass is 10.2. The van der Waals surface area contributed by atoms with Gasteiger partial charge in [0, 0.05) is 27.2 Å². The summed E-state index contributed by atoms with van der Waals surface area (Å²) in [5.41, 5.74) is 1.32. The van der Waals surface area contributed by atoms with Crippen molar-refractivity contribution in [3.63, 3.8) is 0 Å². The van der Waals surface area contributed by atoms with Crippen LogP contribution in [0.1, 0.15) is 15.4 Å². The van der Waals surface area contributed by atoms with Gasteiger partial charge < -0.3 is 4.90 Å². The summed E-state index contributed by atoms with van der Waals surface area (Å²) in [4.78, 5) is 19.7. The molecule has 0 saturated heterocycles. The summed E-state index contributed by atoms with van der Waals surface area (Å²) in [6, 6.07) is 13.5. The zero-order valence-electron chi connectivity index (χ0n) is 11.4. The summed E-state index contributed by atoms with van der Waals surface area (Å²) < 4.78 is 1.05. The fraction of sp³-hybridized carbons (Fsp3) is 0.125. The van der Waals surface area contributed by atoms with Crippen molar-refractivity contribution >= 4 is 44.1 Å². The molecule has 3 nitrogen and oxygen atoms in total. The number of carbonyl (C=O) groups is 1. The van der Waals surface area contributed by atoms with Crippen LogP contribution < -0.4 is 0 Å². The van der Waals surface area contributed by atoms with E-state index in [1.165, 1.54) is 0 Å². The van der Waals surface area contributed by atoms with Crippen LogP contribution in [-0.2, 0) is 6.54 Å². The van der Waals surface area contributed by atoms with E-state index in [2.05, 4.69) is 20.9 Å². The van der Waals surface area contributed by atoms with E-state index >= 15 is 0 Å². The van der Waals surface area contributed by atoms with Crippen molar-refractivity contribution < 1.29 is 4.79 Å². The quantitative estimate of drug-likeness (QED) is 0.696. The number of nitrogens with zero attached hydrogens (tertiary/aromatic N) is 2. The highest BCUT2D eigenvalue weighted by molar-refractivity contribution is 9.10. The maximum atomic E-state index is 12.5. The summed E-state index contributed by atoms with van der Waals surface area (Å²) in [6.07, 6.45) is 0. The maximum Gasteiger partial charge on any atom is 0.272 e. The van der Waals surface area contributed by atoms with Crippen molar-refractivity contribution in [2.45, 2.75) is 6.54 Å². The Morgan fingerprint density at radius 2 is 2.10 bits per heavy atom. The number of thiophene rings is 1. The van der Waals surface area contributed by atoms with Crippen LogP contribution in [0.15, 0.2) is 52.3 Å². The molecule has 0 saturated carbocycles.